The molecule has 1 aliphatic heterocycles. The maximum absolute atomic E-state index is 14.1. The first-order valence-electron chi connectivity index (χ1n) is 9.93. The molecule has 2 aliphatic rings. The van der Waals surface area contributed by atoms with E-state index >= 15 is 0 Å². The number of carbonyl (C=O) groups excluding carboxylic acids is 1. The number of nitrogens with two attached hydrogens (primary N) is 1. The second kappa shape index (κ2) is 6.60. The molecule has 2 N–H and O–H groups in total. The van der Waals surface area contributed by atoms with Crippen LogP contribution in [0.5, 0.6) is 5.88 Å². The first-order chi connectivity index (χ1) is 14.8. The molecule has 9 heteroatoms. The van der Waals surface area contributed by atoms with Gasteiger partial charge in [-0.2, -0.15) is 10.4 Å². The van der Waals surface area contributed by atoms with Crippen LogP contribution in [-0.4, -0.2) is 25.5 Å². The Morgan fingerprint density at radius 1 is 1.39 bits per heavy atom. The number of nitrogen functional groups attached to an aromatic ring is 1. The van der Waals surface area contributed by atoms with Gasteiger partial charge in [0.15, 0.2) is 11.6 Å². The third-order valence-corrected chi connectivity index (χ3v) is 6.07. The topological polar surface area (TPSA) is 120 Å². The summed E-state index contributed by atoms with van der Waals surface area (Å²) >= 11 is 0. The number of Topliss-reactive ketones (excluding diaryl/α,β-unsaturated/α-hetero) is 1. The van der Waals surface area contributed by atoms with Crippen molar-refractivity contribution in [2.45, 2.75) is 32.3 Å². The Labute approximate surface area is 177 Å². The summed E-state index contributed by atoms with van der Waals surface area (Å²) in [6, 6.07) is 6.26. The van der Waals surface area contributed by atoms with Gasteiger partial charge in [0.25, 0.3) is 5.88 Å². The van der Waals surface area contributed by atoms with Gasteiger partial charge in [0.2, 0.25) is 0 Å². The summed E-state index contributed by atoms with van der Waals surface area (Å²) in [6.45, 7) is 1.71. The molecular weight excluding hydrogens is 399 g/mol. The molecule has 156 valence electrons. The van der Waals surface area contributed by atoms with E-state index in [4.69, 9.17) is 10.5 Å². The normalized spacial score (nSPS) is 18.8. The van der Waals surface area contributed by atoms with Gasteiger partial charge in [-0.25, -0.2) is 14.4 Å². The molecule has 1 aliphatic carbocycles. The molecule has 1 fully saturated rings. The Balaban J connectivity index is 1.78. The van der Waals surface area contributed by atoms with E-state index in [0.717, 1.165) is 0 Å². The monoisotopic (exact) mass is 418 g/mol. The smallest absolute Gasteiger partial charge is 0.258 e. The maximum Gasteiger partial charge on any atom is 0.258 e. The molecular formula is C22H19FN6O2. The van der Waals surface area contributed by atoms with E-state index in [1.165, 1.54) is 29.1 Å². The third-order valence-electron chi connectivity index (χ3n) is 6.07. The molecule has 1 spiro atoms. The first-order valence-corrected chi connectivity index (χ1v) is 9.93. The number of anilines is 1. The number of aromatic nitrogens is 4. The van der Waals surface area contributed by atoms with E-state index in [0.29, 0.717) is 53.0 Å². The SMILES string of the molecule is C[C@H]1Oc2nc(cnc2N)-c2c(nn(C)c2C#N)CC2(CC2)C(=O)c2ccc(F)cc21. The van der Waals surface area contributed by atoms with Gasteiger partial charge in [0, 0.05) is 30.0 Å². The standard InChI is InChI=1S/C22H19FN6O2/c1-11-14-7-12(23)3-4-13(14)19(30)22(5-6-22)8-15-18(17(9-24)29(2)28-15)16-10-26-20(25)21(27-16)31-11/h3-4,7,10-11H,5-6,8H2,1-2H3,(H2,25,26)/t11-/m1/s1. The summed E-state index contributed by atoms with van der Waals surface area (Å²) in [5, 5.41) is 14.2. The van der Waals surface area contributed by atoms with E-state index in [1.54, 1.807) is 14.0 Å². The van der Waals surface area contributed by atoms with Crippen LogP contribution in [0.25, 0.3) is 11.3 Å². The van der Waals surface area contributed by atoms with Gasteiger partial charge in [-0.3, -0.25) is 9.48 Å². The zero-order valence-corrected chi connectivity index (χ0v) is 17.0. The molecule has 0 radical (unpaired) electrons. The molecule has 31 heavy (non-hydrogen) atoms. The highest BCUT2D eigenvalue weighted by atomic mass is 19.1. The maximum atomic E-state index is 14.1. The van der Waals surface area contributed by atoms with Gasteiger partial charge in [0.05, 0.1) is 23.1 Å². The van der Waals surface area contributed by atoms with Crippen molar-refractivity contribution in [3.8, 4) is 23.2 Å². The summed E-state index contributed by atoms with van der Waals surface area (Å²) in [4.78, 5) is 22.3. The summed E-state index contributed by atoms with van der Waals surface area (Å²) in [5.74, 6) is -0.429. The number of carbonyl (C=O) groups is 1. The summed E-state index contributed by atoms with van der Waals surface area (Å²) in [5.41, 5.74) is 7.99. The molecule has 8 nitrogen and oxygen atoms in total. The molecule has 0 amide bonds. The summed E-state index contributed by atoms with van der Waals surface area (Å²) in [7, 11) is 1.67. The number of fused-ring (bicyclic) bond motifs is 5. The molecule has 0 saturated heterocycles. The predicted molar refractivity (Wildman–Crippen MR) is 109 cm³/mol. The Kier molecular flexibility index (Phi) is 4.09. The minimum atomic E-state index is -0.694. The number of halogens is 1. The van der Waals surface area contributed by atoms with Crippen LogP contribution in [0.3, 0.4) is 0 Å². The number of benzene rings is 1. The summed E-state index contributed by atoms with van der Waals surface area (Å²) in [6.07, 6.45) is 2.50. The van der Waals surface area contributed by atoms with Crippen molar-refractivity contribution in [3.05, 3.63) is 52.7 Å². The van der Waals surface area contributed by atoms with Crippen LogP contribution in [0, 0.1) is 22.6 Å². The van der Waals surface area contributed by atoms with Gasteiger partial charge in [0.1, 0.15) is 23.7 Å². The number of nitrogens with zero attached hydrogens (tertiary/aromatic N) is 5. The molecule has 0 unspecified atom stereocenters. The lowest BCUT2D eigenvalue weighted by molar-refractivity contribution is 0.0893. The van der Waals surface area contributed by atoms with Crippen LogP contribution in [0.4, 0.5) is 10.2 Å². The number of rotatable bonds is 0. The number of ether oxygens (including phenoxy) is 1. The van der Waals surface area contributed by atoms with Crippen LogP contribution in [-0.2, 0) is 13.5 Å². The van der Waals surface area contributed by atoms with Gasteiger partial charge in [-0.15, -0.1) is 0 Å². The third kappa shape index (κ3) is 2.94. The largest absolute Gasteiger partial charge is 0.467 e. The van der Waals surface area contributed by atoms with E-state index in [2.05, 4.69) is 21.1 Å². The van der Waals surface area contributed by atoms with Crippen molar-refractivity contribution in [2.24, 2.45) is 12.5 Å². The minimum Gasteiger partial charge on any atom is -0.467 e. The van der Waals surface area contributed by atoms with Crippen LogP contribution in [0.15, 0.2) is 24.4 Å². The lowest BCUT2D eigenvalue weighted by Crippen LogP contribution is -2.23. The highest BCUT2D eigenvalue weighted by Crippen LogP contribution is 2.52. The molecule has 3 aromatic rings. The fraction of sp³-hybridized carbons (Fsp3) is 0.318. The molecule has 1 atom stereocenters. The van der Waals surface area contributed by atoms with Gasteiger partial charge >= 0.3 is 0 Å². The fourth-order valence-corrected chi connectivity index (χ4v) is 4.24. The van der Waals surface area contributed by atoms with Crippen molar-refractivity contribution in [1.29, 1.82) is 5.26 Å². The summed E-state index contributed by atoms with van der Waals surface area (Å²) < 4.78 is 21.5. The van der Waals surface area contributed by atoms with Crippen molar-refractivity contribution >= 4 is 11.6 Å². The number of aryl methyl sites for hydroxylation is 1. The Bertz CT molecular complexity index is 1290. The lowest BCUT2D eigenvalue weighted by atomic mass is 9.85. The highest BCUT2D eigenvalue weighted by molar-refractivity contribution is 6.03. The zero-order valence-electron chi connectivity index (χ0n) is 17.0. The van der Waals surface area contributed by atoms with Crippen LogP contribution < -0.4 is 10.5 Å². The fourth-order valence-electron chi connectivity index (χ4n) is 4.24. The van der Waals surface area contributed by atoms with E-state index in [1.807, 2.05) is 0 Å². The Morgan fingerprint density at radius 2 is 2.16 bits per heavy atom. The average Bonchev–Trinajstić information content (AvgIpc) is 3.45. The molecule has 1 aromatic carbocycles. The van der Waals surface area contributed by atoms with E-state index in [-0.39, 0.29) is 17.5 Å². The zero-order chi connectivity index (χ0) is 21.9. The van der Waals surface area contributed by atoms with E-state index in [9.17, 15) is 14.4 Å². The number of hydrogen-bond acceptors (Lipinski definition) is 7. The van der Waals surface area contributed by atoms with Crippen LogP contribution >= 0.6 is 0 Å². The second-order valence-electron chi connectivity index (χ2n) is 8.13. The molecule has 3 heterocycles. The first kappa shape index (κ1) is 19.2. The number of ketones is 1. The van der Waals surface area contributed by atoms with E-state index < -0.39 is 17.3 Å². The van der Waals surface area contributed by atoms with Crippen molar-refractivity contribution in [1.82, 2.24) is 19.7 Å². The minimum absolute atomic E-state index is 0.0491. The lowest BCUT2D eigenvalue weighted by Gasteiger charge is -2.22. The van der Waals surface area contributed by atoms with Crippen LogP contribution in [0.1, 0.15) is 53.2 Å². The number of nitriles is 1. The van der Waals surface area contributed by atoms with Gasteiger partial charge in [-0.05, 0) is 38.0 Å². The second-order valence-corrected chi connectivity index (χ2v) is 8.13. The molecule has 2 aromatic heterocycles. The van der Waals surface area contributed by atoms with Crippen molar-refractivity contribution in [3.63, 3.8) is 0 Å². The van der Waals surface area contributed by atoms with Crippen molar-refractivity contribution in [2.75, 3.05) is 5.73 Å². The molecule has 5 rings (SSSR count). The quantitative estimate of drug-likeness (QED) is 0.595. The predicted octanol–water partition coefficient (Wildman–Crippen LogP) is 3.13. The van der Waals surface area contributed by atoms with Gasteiger partial charge in [-0.1, -0.05) is 0 Å². The Morgan fingerprint density at radius 3 is 2.87 bits per heavy atom. The highest BCUT2D eigenvalue weighted by Gasteiger charge is 2.51. The Hall–Kier alpha value is -3.80. The van der Waals surface area contributed by atoms with Crippen LogP contribution in [0.2, 0.25) is 0 Å². The average molecular weight is 418 g/mol. The van der Waals surface area contributed by atoms with Gasteiger partial charge < -0.3 is 10.5 Å². The molecule has 1 saturated carbocycles. The molecule has 2 bridgehead atoms. The number of hydrogen-bond donors (Lipinski definition) is 1. The van der Waals surface area contributed by atoms with Crippen molar-refractivity contribution < 1.29 is 13.9 Å².